The summed E-state index contributed by atoms with van der Waals surface area (Å²) < 4.78 is 10.9. The number of rotatable bonds is 1. The highest BCUT2D eigenvalue weighted by molar-refractivity contribution is 6.02. The molecule has 3 nitrogen and oxygen atoms in total. The topological polar surface area (TPSA) is 43.4 Å². The Bertz CT molecular complexity index is 1070. The van der Waals surface area contributed by atoms with E-state index in [9.17, 15) is 4.79 Å². The molecule has 2 heterocycles. The highest BCUT2D eigenvalue weighted by Gasteiger charge is 2.13. The van der Waals surface area contributed by atoms with Crippen LogP contribution in [0.3, 0.4) is 0 Å². The Hall–Kier alpha value is -2.81. The van der Waals surface area contributed by atoms with Crippen molar-refractivity contribution in [2.75, 3.05) is 0 Å². The quantitative estimate of drug-likeness (QED) is 0.472. The molecule has 22 heavy (non-hydrogen) atoms. The van der Waals surface area contributed by atoms with E-state index >= 15 is 0 Å². The van der Waals surface area contributed by atoms with Gasteiger partial charge in [0.1, 0.15) is 11.2 Å². The van der Waals surface area contributed by atoms with Gasteiger partial charge in [0.15, 0.2) is 0 Å². The molecular weight excluding hydrogens is 276 g/mol. The third-order valence-electron chi connectivity index (χ3n) is 4.07. The van der Waals surface area contributed by atoms with Crippen LogP contribution in [-0.2, 0) is 0 Å². The van der Waals surface area contributed by atoms with Crippen molar-refractivity contribution in [3.63, 3.8) is 0 Å². The fraction of sp³-hybridized carbons (Fsp3) is 0.105. The Balaban J connectivity index is 2.17. The van der Waals surface area contributed by atoms with Gasteiger partial charge < -0.3 is 8.83 Å². The van der Waals surface area contributed by atoms with E-state index in [2.05, 4.69) is 0 Å². The monoisotopic (exact) mass is 290 g/mol. The summed E-state index contributed by atoms with van der Waals surface area (Å²) in [5.74, 6) is 0. The van der Waals surface area contributed by atoms with Gasteiger partial charge in [-0.2, -0.15) is 0 Å². The maximum Gasteiger partial charge on any atom is 0.336 e. The summed E-state index contributed by atoms with van der Waals surface area (Å²) >= 11 is 0. The van der Waals surface area contributed by atoms with Crippen LogP contribution in [0, 0.1) is 13.8 Å². The summed E-state index contributed by atoms with van der Waals surface area (Å²) in [7, 11) is 0. The van der Waals surface area contributed by atoms with Crippen LogP contribution in [0.15, 0.2) is 62.4 Å². The Labute approximate surface area is 126 Å². The smallest absolute Gasteiger partial charge is 0.336 e. The largest absolute Gasteiger partial charge is 0.464 e. The van der Waals surface area contributed by atoms with Crippen LogP contribution >= 0.6 is 0 Å². The Morgan fingerprint density at radius 1 is 0.818 bits per heavy atom. The van der Waals surface area contributed by atoms with E-state index in [1.165, 1.54) is 0 Å². The van der Waals surface area contributed by atoms with E-state index < -0.39 is 0 Å². The molecule has 2 aromatic carbocycles. The summed E-state index contributed by atoms with van der Waals surface area (Å²) in [4.78, 5) is 11.9. The van der Waals surface area contributed by atoms with Crippen LogP contribution in [-0.4, -0.2) is 0 Å². The zero-order chi connectivity index (χ0) is 15.3. The van der Waals surface area contributed by atoms with Crippen molar-refractivity contribution in [1.29, 1.82) is 0 Å². The van der Waals surface area contributed by atoms with Crippen molar-refractivity contribution >= 4 is 21.9 Å². The summed E-state index contributed by atoms with van der Waals surface area (Å²) in [5, 5.41) is 1.96. The van der Waals surface area contributed by atoms with Gasteiger partial charge in [0, 0.05) is 28.5 Å². The van der Waals surface area contributed by atoms with Crippen molar-refractivity contribution in [2.24, 2.45) is 0 Å². The first-order valence-electron chi connectivity index (χ1n) is 7.15. The van der Waals surface area contributed by atoms with Crippen LogP contribution in [0.5, 0.6) is 0 Å². The first kappa shape index (κ1) is 12.9. The van der Waals surface area contributed by atoms with Gasteiger partial charge >= 0.3 is 5.63 Å². The van der Waals surface area contributed by atoms with Gasteiger partial charge in [0.05, 0.1) is 6.26 Å². The lowest BCUT2D eigenvalue weighted by Crippen LogP contribution is -1.98. The van der Waals surface area contributed by atoms with Crippen LogP contribution in [0.2, 0.25) is 0 Å². The van der Waals surface area contributed by atoms with E-state index in [0.717, 1.165) is 38.6 Å². The zero-order valence-corrected chi connectivity index (χ0v) is 12.3. The number of furan rings is 1. The second kappa shape index (κ2) is 4.60. The molecule has 0 saturated heterocycles. The summed E-state index contributed by atoms with van der Waals surface area (Å²) in [6.45, 7) is 4.04. The molecule has 0 amide bonds. The molecule has 0 aliphatic rings. The predicted molar refractivity (Wildman–Crippen MR) is 87.2 cm³/mol. The van der Waals surface area contributed by atoms with Crippen molar-refractivity contribution in [3.8, 4) is 11.1 Å². The first-order chi connectivity index (χ1) is 10.6. The molecule has 0 radical (unpaired) electrons. The van der Waals surface area contributed by atoms with E-state index in [0.29, 0.717) is 5.58 Å². The lowest BCUT2D eigenvalue weighted by atomic mass is 9.97. The van der Waals surface area contributed by atoms with Gasteiger partial charge in [0.2, 0.25) is 0 Å². The number of benzene rings is 2. The molecule has 0 saturated carbocycles. The van der Waals surface area contributed by atoms with Crippen LogP contribution in [0.4, 0.5) is 0 Å². The molecule has 0 bridgehead atoms. The minimum atomic E-state index is -0.353. The number of fused-ring (bicyclic) bond motifs is 2. The van der Waals surface area contributed by atoms with Gasteiger partial charge in [-0.25, -0.2) is 4.79 Å². The SMILES string of the molecule is Cc1ccccc1-c1cc(=O)oc2cc3occ(C)c3cc12. The van der Waals surface area contributed by atoms with Gasteiger partial charge in [-0.05, 0) is 36.6 Å². The Kier molecular flexibility index (Phi) is 2.70. The third kappa shape index (κ3) is 1.86. The minimum absolute atomic E-state index is 0.353. The van der Waals surface area contributed by atoms with Crippen LogP contribution < -0.4 is 5.63 Å². The van der Waals surface area contributed by atoms with E-state index in [1.54, 1.807) is 18.4 Å². The molecule has 0 aliphatic carbocycles. The number of hydrogen-bond donors (Lipinski definition) is 0. The number of hydrogen-bond acceptors (Lipinski definition) is 3. The molecule has 0 N–H and O–H groups in total. The number of aryl methyl sites for hydroxylation is 2. The molecule has 4 rings (SSSR count). The molecule has 0 spiro atoms. The summed E-state index contributed by atoms with van der Waals surface area (Å²) in [6.07, 6.45) is 1.72. The van der Waals surface area contributed by atoms with Gasteiger partial charge in [-0.1, -0.05) is 24.3 Å². The molecule has 0 aliphatic heterocycles. The van der Waals surface area contributed by atoms with Crippen molar-refractivity contribution in [3.05, 3.63) is 70.3 Å². The average molecular weight is 290 g/mol. The van der Waals surface area contributed by atoms with Crippen molar-refractivity contribution in [2.45, 2.75) is 13.8 Å². The molecule has 0 atom stereocenters. The third-order valence-corrected chi connectivity index (χ3v) is 4.07. The second-order valence-electron chi connectivity index (χ2n) is 5.56. The summed E-state index contributed by atoms with van der Waals surface area (Å²) in [5.41, 5.74) is 5.06. The summed E-state index contributed by atoms with van der Waals surface area (Å²) in [6, 6.07) is 13.4. The molecule has 0 unspecified atom stereocenters. The van der Waals surface area contributed by atoms with E-state index in [1.807, 2.05) is 44.2 Å². The normalized spacial score (nSPS) is 11.4. The predicted octanol–water partition coefficient (Wildman–Crippen LogP) is 4.82. The first-order valence-corrected chi connectivity index (χ1v) is 7.15. The maximum absolute atomic E-state index is 11.9. The maximum atomic E-state index is 11.9. The fourth-order valence-electron chi connectivity index (χ4n) is 2.91. The van der Waals surface area contributed by atoms with Crippen LogP contribution in [0.25, 0.3) is 33.1 Å². The lowest BCUT2D eigenvalue weighted by molar-refractivity contribution is 0.559. The Morgan fingerprint density at radius 2 is 1.64 bits per heavy atom. The second-order valence-corrected chi connectivity index (χ2v) is 5.56. The van der Waals surface area contributed by atoms with Gasteiger partial charge in [-0.15, -0.1) is 0 Å². The van der Waals surface area contributed by atoms with Crippen LogP contribution in [0.1, 0.15) is 11.1 Å². The van der Waals surface area contributed by atoms with Gasteiger partial charge in [-0.3, -0.25) is 0 Å². The molecule has 0 fully saturated rings. The Morgan fingerprint density at radius 3 is 2.45 bits per heavy atom. The highest BCUT2D eigenvalue weighted by atomic mass is 16.4. The molecule has 2 aromatic heterocycles. The molecule has 3 heteroatoms. The van der Waals surface area contributed by atoms with Gasteiger partial charge in [0.25, 0.3) is 0 Å². The standard InChI is InChI=1S/C19H14O3/c1-11-5-3-4-6-13(11)15-8-19(20)22-18-9-17-14(7-16(15)18)12(2)10-21-17/h3-10H,1-2H3. The molecular formula is C19H14O3. The van der Waals surface area contributed by atoms with E-state index in [4.69, 9.17) is 8.83 Å². The minimum Gasteiger partial charge on any atom is -0.464 e. The molecule has 4 aromatic rings. The zero-order valence-electron chi connectivity index (χ0n) is 12.3. The lowest BCUT2D eigenvalue weighted by Gasteiger charge is -2.08. The van der Waals surface area contributed by atoms with Crippen molar-refractivity contribution < 1.29 is 8.83 Å². The fourth-order valence-corrected chi connectivity index (χ4v) is 2.91. The highest BCUT2D eigenvalue weighted by Crippen LogP contribution is 2.33. The molecule has 108 valence electrons. The van der Waals surface area contributed by atoms with E-state index in [-0.39, 0.29) is 5.63 Å². The van der Waals surface area contributed by atoms with Crippen molar-refractivity contribution in [1.82, 2.24) is 0 Å². The average Bonchev–Trinajstić information content (AvgIpc) is 2.86.